The molecule has 0 atom stereocenters. The van der Waals surface area contributed by atoms with E-state index in [1.54, 1.807) is 0 Å². The van der Waals surface area contributed by atoms with Crippen LogP contribution in [0.25, 0.3) is 16.7 Å². The van der Waals surface area contributed by atoms with Crippen molar-refractivity contribution in [2.45, 2.75) is 34.1 Å². The molecular weight excluding hydrogens is 252 g/mol. The second-order valence-corrected chi connectivity index (χ2v) is 5.01. The molecule has 0 nitrogen and oxygen atoms in total. The highest BCUT2D eigenvalue weighted by Gasteiger charge is 2.25. The van der Waals surface area contributed by atoms with Crippen molar-refractivity contribution in [3.63, 3.8) is 0 Å². The fourth-order valence-corrected chi connectivity index (χ4v) is 3.10. The SMILES string of the molecule is C=C/C=C1/c2c(C)cccc2-c2cccc(CC)c21.CC. The smallest absolute Gasteiger partial charge is 0.00669 e. The quantitative estimate of drug-likeness (QED) is 0.524. The summed E-state index contributed by atoms with van der Waals surface area (Å²) < 4.78 is 0. The van der Waals surface area contributed by atoms with Gasteiger partial charge in [-0.2, -0.15) is 0 Å². The number of hydrogen-bond acceptors (Lipinski definition) is 0. The molecule has 1 aliphatic rings. The third kappa shape index (κ3) is 2.47. The molecule has 0 aromatic heterocycles. The van der Waals surface area contributed by atoms with Crippen molar-refractivity contribution in [2.75, 3.05) is 0 Å². The number of benzene rings is 2. The first kappa shape index (κ1) is 15.3. The van der Waals surface area contributed by atoms with Crippen LogP contribution in [0.15, 0.2) is 55.1 Å². The van der Waals surface area contributed by atoms with Gasteiger partial charge >= 0.3 is 0 Å². The molecule has 0 amide bonds. The fourth-order valence-electron chi connectivity index (χ4n) is 3.10. The third-order valence-electron chi connectivity index (χ3n) is 3.92. The molecule has 0 fully saturated rings. The molecule has 0 aliphatic heterocycles. The summed E-state index contributed by atoms with van der Waals surface area (Å²) >= 11 is 0. The molecule has 2 aromatic rings. The van der Waals surface area contributed by atoms with Gasteiger partial charge in [0.15, 0.2) is 0 Å². The maximum atomic E-state index is 3.88. The summed E-state index contributed by atoms with van der Waals surface area (Å²) in [5, 5.41) is 0. The van der Waals surface area contributed by atoms with Crippen molar-refractivity contribution in [3.8, 4) is 11.1 Å². The Balaban J connectivity index is 0.000000774. The second-order valence-electron chi connectivity index (χ2n) is 5.01. The molecular formula is C21H24. The number of rotatable bonds is 2. The summed E-state index contributed by atoms with van der Waals surface area (Å²) in [5.74, 6) is 0. The van der Waals surface area contributed by atoms with E-state index in [0.29, 0.717) is 0 Å². The second kappa shape index (κ2) is 6.58. The fraction of sp³-hybridized carbons (Fsp3) is 0.238. The van der Waals surface area contributed by atoms with E-state index < -0.39 is 0 Å². The number of aryl methyl sites for hydroxylation is 2. The Morgan fingerprint density at radius 3 is 2.19 bits per heavy atom. The topological polar surface area (TPSA) is 0 Å². The Morgan fingerprint density at radius 1 is 0.952 bits per heavy atom. The zero-order valence-electron chi connectivity index (χ0n) is 13.5. The van der Waals surface area contributed by atoms with Gasteiger partial charge in [-0.3, -0.25) is 0 Å². The molecule has 0 heteroatoms. The Labute approximate surface area is 128 Å². The molecule has 0 saturated heterocycles. The van der Waals surface area contributed by atoms with Crippen molar-refractivity contribution in [1.82, 2.24) is 0 Å². The van der Waals surface area contributed by atoms with Gasteiger partial charge in [0.2, 0.25) is 0 Å². The van der Waals surface area contributed by atoms with E-state index in [1.807, 2.05) is 19.9 Å². The van der Waals surface area contributed by atoms with Crippen LogP contribution < -0.4 is 0 Å². The molecule has 0 spiro atoms. The molecule has 0 saturated carbocycles. The van der Waals surface area contributed by atoms with Crippen LogP contribution in [0, 0.1) is 6.92 Å². The molecule has 0 heterocycles. The summed E-state index contributed by atoms with van der Waals surface area (Å²) in [6.07, 6.45) is 5.11. The minimum Gasteiger partial charge on any atom is -0.0990 e. The third-order valence-corrected chi connectivity index (χ3v) is 3.92. The summed E-state index contributed by atoms with van der Waals surface area (Å²) in [7, 11) is 0. The van der Waals surface area contributed by atoms with Gasteiger partial charge in [-0.25, -0.2) is 0 Å². The Bertz CT molecular complexity index is 687. The summed E-state index contributed by atoms with van der Waals surface area (Å²) in [4.78, 5) is 0. The average Bonchev–Trinajstić information content (AvgIpc) is 2.86. The van der Waals surface area contributed by atoms with Crippen molar-refractivity contribution in [1.29, 1.82) is 0 Å². The predicted molar refractivity (Wildman–Crippen MR) is 94.6 cm³/mol. The monoisotopic (exact) mass is 276 g/mol. The lowest BCUT2D eigenvalue weighted by Gasteiger charge is -2.08. The van der Waals surface area contributed by atoms with E-state index in [-0.39, 0.29) is 0 Å². The zero-order valence-corrected chi connectivity index (χ0v) is 13.5. The highest BCUT2D eigenvalue weighted by atomic mass is 14.3. The van der Waals surface area contributed by atoms with Crippen LogP contribution in [0.5, 0.6) is 0 Å². The maximum absolute atomic E-state index is 3.88. The van der Waals surface area contributed by atoms with E-state index in [4.69, 9.17) is 0 Å². The van der Waals surface area contributed by atoms with E-state index in [2.05, 4.69) is 62.9 Å². The van der Waals surface area contributed by atoms with Crippen LogP contribution in [0.1, 0.15) is 43.0 Å². The molecule has 0 N–H and O–H groups in total. The van der Waals surface area contributed by atoms with Crippen LogP contribution in [-0.4, -0.2) is 0 Å². The highest BCUT2D eigenvalue weighted by molar-refractivity contribution is 6.03. The van der Waals surface area contributed by atoms with Crippen LogP contribution in [0.2, 0.25) is 0 Å². The Hall–Kier alpha value is -2.08. The molecule has 0 radical (unpaired) electrons. The number of allylic oxidation sites excluding steroid dienone is 2. The van der Waals surface area contributed by atoms with Gasteiger partial charge in [0, 0.05) is 0 Å². The zero-order chi connectivity index (χ0) is 15.4. The van der Waals surface area contributed by atoms with Crippen molar-refractivity contribution in [2.24, 2.45) is 0 Å². The van der Waals surface area contributed by atoms with Crippen molar-refractivity contribution in [3.05, 3.63) is 77.4 Å². The first-order valence-electron chi connectivity index (χ1n) is 7.83. The van der Waals surface area contributed by atoms with Gasteiger partial charge in [-0.1, -0.05) is 75.9 Å². The maximum Gasteiger partial charge on any atom is -0.00669 e. The van der Waals surface area contributed by atoms with E-state index in [0.717, 1.165) is 6.42 Å². The van der Waals surface area contributed by atoms with Gasteiger partial charge in [0.1, 0.15) is 0 Å². The average molecular weight is 276 g/mol. The molecule has 2 aromatic carbocycles. The van der Waals surface area contributed by atoms with Gasteiger partial charge in [0.25, 0.3) is 0 Å². The minimum atomic E-state index is 1.06. The molecule has 1 aliphatic carbocycles. The summed E-state index contributed by atoms with van der Waals surface area (Å²) in [6.45, 7) is 12.3. The van der Waals surface area contributed by atoms with Gasteiger partial charge < -0.3 is 0 Å². The van der Waals surface area contributed by atoms with Crippen molar-refractivity contribution >= 4 is 5.57 Å². The van der Waals surface area contributed by atoms with E-state index >= 15 is 0 Å². The highest BCUT2D eigenvalue weighted by Crippen LogP contribution is 2.47. The van der Waals surface area contributed by atoms with Gasteiger partial charge in [-0.15, -0.1) is 0 Å². The van der Waals surface area contributed by atoms with Crippen LogP contribution >= 0.6 is 0 Å². The Kier molecular flexibility index (Phi) is 4.80. The normalized spacial score (nSPS) is 13.2. The number of fused-ring (bicyclic) bond motifs is 3. The molecule has 108 valence electrons. The molecule has 3 rings (SSSR count). The Morgan fingerprint density at radius 2 is 1.57 bits per heavy atom. The first-order valence-corrected chi connectivity index (χ1v) is 7.83. The van der Waals surface area contributed by atoms with Crippen LogP contribution in [-0.2, 0) is 6.42 Å². The van der Waals surface area contributed by atoms with Crippen molar-refractivity contribution < 1.29 is 0 Å². The van der Waals surface area contributed by atoms with E-state index in [1.165, 1.54) is 39.0 Å². The lowest BCUT2D eigenvalue weighted by molar-refractivity contribution is 1.13. The lowest BCUT2D eigenvalue weighted by Crippen LogP contribution is -1.90. The summed E-state index contributed by atoms with van der Waals surface area (Å²) in [6, 6.07) is 13.2. The predicted octanol–water partition coefficient (Wildman–Crippen LogP) is 6.18. The largest absolute Gasteiger partial charge is 0.0990 e. The van der Waals surface area contributed by atoms with Gasteiger partial charge in [-0.05, 0) is 52.3 Å². The minimum absolute atomic E-state index is 1.06. The molecule has 0 bridgehead atoms. The molecule has 0 unspecified atom stereocenters. The van der Waals surface area contributed by atoms with Crippen LogP contribution in [0.4, 0.5) is 0 Å². The van der Waals surface area contributed by atoms with Crippen LogP contribution in [0.3, 0.4) is 0 Å². The standard InChI is InChI=1S/C19H18.C2H6/c1-4-8-17-18-13(3)9-6-11-15(18)16-12-7-10-14(5-2)19(16)17;1-2/h4,6-12H,1,5H2,2-3H3;1-2H3/b17-8-;. The summed E-state index contributed by atoms with van der Waals surface area (Å²) in [5.41, 5.74) is 9.58. The molecule has 21 heavy (non-hydrogen) atoms. The van der Waals surface area contributed by atoms with Gasteiger partial charge in [0.05, 0.1) is 0 Å². The lowest BCUT2D eigenvalue weighted by atomic mass is 9.95. The first-order chi connectivity index (χ1) is 10.3. The van der Waals surface area contributed by atoms with E-state index in [9.17, 15) is 0 Å². The number of hydrogen-bond donors (Lipinski definition) is 0.